The van der Waals surface area contributed by atoms with Crippen molar-refractivity contribution in [2.45, 2.75) is 337 Å². The van der Waals surface area contributed by atoms with Gasteiger partial charge in [-0.2, -0.15) is 8.75 Å². The molecular weight excluding hydrogens is 1220 g/mol. The number of carbonyl (C=O) groups is 2. The molecule has 0 bridgehead atoms. The number of rotatable bonds is 53. The van der Waals surface area contributed by atoms with E-state index in [1.54, 1.807) is 45.3 Å². The summed E-state index contributed by atoms with van der Waals surface area (Å²) in [7, 11) is 0. The van der Waals surface area contributed by atoms with Crippen molar-refractivity contribution >= 4 is 100 Å². The van der Waals surface area contributed by atoms with Gasteiger partial charge in [0.1, 0.15) is 21.0 Å². The molecule has 0 radical (unpaired) electrons. The fourth-order valence-electron chi connectivity index (χ4n) is 13.1. The molecule has 0 unspecified atom stereocenters. The molecule has 0 spiro atoms. The first-order chi connectivity index (χ1) is 44.8. The minimum Gasteiger partial charge on any atom is -0.462 e. The Hall–Kier alpha value is -3.62. The van der Waals surface area contributed by atoms with Crippen molar-refractivity contribution < 1.29 is 19.1 Å². The molecule has 7 rings (SSSR count). The summed E-state index contributed by atoms with van der Waals surface area (Å²) in [5.41, 5.74) is 7.17. The number of benzene rings is 2. The molecule has 0 aliphatic carbocycles. The number of nitrogens with zero attached hydrogens (tertiary/aromatic N) is 4. The van der Waals surface area contributed by atoms with E-state index >= 15 is 0 Å². The number of thiophene rings is 2. The maximum absolute atomic E-state index is 14.8. The smallest absolute Gasteiger partial charge is 0.340 e. The summed E-state index contributed by atoms with van der Waals surface area (Å²) in [6.07, 6.45) is 57.7. The van der Waals surface area contributed by atoms with E-state index in [1.165, 1.54) is 253 Å². The van der Waals surface area contributed by atoms with E-state index in [0.29, 0.717) is 24.3 Å². The first kappa shape index (κ1) is 74.8. The van der Waals surface area contributed by atoms with E-state index in [9.17, 15) is 9.59 Å². The van der Waals surface area contributed by atoms with Gasteiger partial charge in [0.25, 0.3) is 0 Å². The van der Waals surface area contributed by atoms with Crippen molar-refractivity contribution in [1.29, 1.82) is 0 Å². The molecular formula is C78H118N4O4S5. The predicted octanol–water partition coefficient (Wildman–Crippen LogP) is 27.3. The Kier molecular flexibility index (Phi) is 36.3. The number of aryl methyl sites for hydroxylation is 4. The Morgan fingerprint density at radius 1 is 0.385 bits per heavy atom. The summed E-state index contributed by atoms with van der Waals surface area (Å²) in [6.45, 7) is 14.2. The van der Waals surface area contributed by atoms with E-state index in [2.05, 4.69) is 65.8 Å². The van der Waals surface area contributed by atoms with Crippen LogP contribution in [0.5, 0.6) is 0 Å². The average molecular weight is 1340 g/mol. The third kappa shape index (κ3) is 24.8. The molecule has 2 aromatic carbocycles. The molecule has 0 N–H and O–H groups in total. The second-order valence-corrected chi connectivity index (χ2v) is 31.6. The molecule has 8 nitrogen and oxygen atoms in total. The highest BCUT2D eigenvalue weighted by molar-refractivity contribution is 7.27. The molecule has 0 aliphatic heterocycles. The van der Waals surface area contributed by atoms with Gasteiger partial charge in [-0.1, -0.05) is 285 Å². The van der Waals surface area contributed by atoms with Crippen LogP contribution in [0.3, 0.4) is 0 Å². The highest BCUT2D eigenvalue weighted by atomic mass is 32.1. The third-order valence-electron chi connectivity index (χ3n) is 18.7. The minimum absolute atomic E-state index is 0.311. The SMILES string of the molecule is CCCCCCCCCCCCCCc1nc(-c2ccc(-c3nc(CCCCCCCCCCCCCC)c(-c4cc5c(C(=O)OCCCCCCCCCCCC)c6sc(C)cc6c(C(=O)OCCCCCCCCCCCC)c5s4)s3)c3nsnc23)sc1C. The zero-order chi connectivity index (χ0) is 64.1. The summed E-state index contributed by atoms with van der Waals surface area (Å²) < 4.78 is 24.1. The zero-order valence-corrected chi connectivity index (χ0v) is 61.8. The van der Waals surface area contributed by atoms with Gasteiger partial charge in [-0.3, -0.25) is 0 Å². The van der Waals surface area contributed by atoms with Gasteiger partial charge >= 0.3 is 11.9 Å². The molecule has 0 saturated carbocycles. The molecule has 0 saturated heterocycles. The topological polar surface area (TPSA) is 104 Å². The Morgan fingerprint density at radius 3 is 1.14 bits per heavy atom. The van der Waals surface area contributed by atoms with Crippen LogP contribution in [0, 0.1) is 13.8 Å². The minimum atomic E-state index is -0.311. The quantitative estimate of drug-likeness (QED) is 0.0274. The highest BCUT2D eigenvalue weighted by Crippen LogP contribution is 2.49. The van der Waals surface area contributed by atoms with Crippen LogP contribution in [0.1, 0.15) is 352 Å². The van der Waals surface area contributed by atoms with Gasteiger partial charge in [0, 0.05) is 36.5 Å². The van der Waals surface area contributed by atoms with Crippen molar-refractivity contribution in [3.05, 3.63) is 56.5 Å². The average Bonchev–Trinajstić information content (AvgIpc) is 1.62. The van der Waals surface area contributed by atoms with Crippen LogP contribution >= 0.6 is 57.1 Å². The number of esters is 2. The number of hydrogen-bond acceptors (Lipinski definition) is 13. The second kappa shape index (κ2) is 44.2. The first-order valence-electron chi connectivity index (χ1n) is 37.3. The lowest BCUT2D eigenvalue weighted by Crippen LogP contribution is -2.11. The van der Waals surface area contributed by atoms with Crippen molar-refractivity contribution in [2.24, 2.45) is 0 Å². The fraction of sp³-hybridized carbons (Fsp3) is 0.692. The van der Waals surface area contributed by atoms with Gasteiger partial charge in [-0.05, 0) is 76.6 Å². The lowest BCUT2D eigenvalue weighted by molar-refractivity contribution is 0.0490. The predicted molar refractivity (Wildman–Crippen MR) is 399 cm³/mol. The second-order valence-electron chi connectivity index (χ2n) is 26.6. The van der Waals surface area contributed by atoms with Crippen LogP contribution in [0.15, 0.2) is 24.3 Å². The van der Waals surface area contributed by atoms with E-state index in [4.69, 9.17) is 28.2 Å². The number of fused-ring (bicyclic) bond motifs is 3. The summed E-state index contributed by atoms with van der Waals surface area (Å²) in [6, 6.07) is 8.66. The van der Waals surface area contributed by atoms with E-state index in [1.807, 2.05) is 0 Å². The number of hydrogen-bond donors (Lipinski definition) is 0. The first-order valence-corrected chi connectivity index (χ1v) is 41.3. The summed E-state index contributed by atoms with van der Waals surface area (Å²) in [4.78, 5) is 44.9. The van der Waals surface area contributed by atoms with Crippen molar-refractivity contribution in [3.8, 4) is 30.9 Å². The number of unbranched alkanes of at least 4 members (excludes halogenated alkanes) is 40. The number of carbonyl (C=O) groups excluding carboxylic acids is 2. The van der Waals surface area contributed by atoms with Gasteiger partial charge in [0.05, 0.1) is 61.7 Å². The van der Waals surface area contributed by atoms with E-state index in [0.717, 1.165) is 137 Å². The molecule has 0 atom stereocenters. The maximum atomic E-state index is 14.8. The van der Waals surface area contributed by atoms with Gasteiger partial charge in [-0.15, -0.1) is 45.3 Å². The molecule has 5 aromatic heterocycles. The van der Waals surface area contributed by atoms with Gasteiger partial charge in [0.2, 0.25) is 0 Å². The van der Waals surface area contributed by atoms with E-state index in [-0.39, 0.29) is 11.9 Å². The fourth-order valence-corrected chi connectivity index (χ4v) is 18.2. The Balaban J connectivity index is 1.13. The molecule has 5 heterocycles. The zero-order valence-electron chi connectivity index (χ0n) is 57.7. The Morgan fingerprint density at radius 2 is 0.725 bits per heavy atom. The normalized spacial score (nSPS) is 11.8. The molecule has 0 aliphatic rings. The lowest BCUT2D eigenvalue weighted by Gasteiger charge is -2.11. The third-order valence-corrected chi connectivity index (χ3v) is 23.8. The van der Waals surface area contributed by atoms with Crippen LogP contribution in [0.2, 0.25) is 0 Å². The van der Waals surface area contributed by atoms with Crippen LogP contribution in [-0.4, -0.2) is 43.9 Å². The van der Waals surface area contributed by atoms with Crippen LogP contribution in [-0.2, 0) is 22.3 Å². The van der Waals surface area contributed by atoms with Crippen LogP contribution in [0.4, 0.5) is 0 Å². The van der Waals surface area contributed by atoms with Crippen LogP contribution < -0.4 is 0 Å². The van der Waals surface area contributed by atoms with Crippen molar-refractivity contribution in [2.75, 3.05) is 13.2 Å². The molecule has 0 fully saturated rings. The number of ether oxygens (including phenoxy) is 2. The Bertz CT molecular complexity index is 3050. The molecule has 13 heteroatoms. The standard InChI is InChI=1S/C78H118N4O4S5/c1-7-11-15-19-23-27-31-33-35-39-43-47-51-65-60(6)88-75(79-65)61-53-54-62(71-70(61)81-91-82-71)76-80-66(52-48-44-40-36-34-32-28-24-20-16-12-8-2)74(90-76)67-58-64-69(78(84)86-56-50-46-42-38-30-26-22-18-14-10-4)72-63(57-59(5)87-72)68(73(64)89-67)77(83)85-55-49-45-41-37-29-25-21-17-13-9-3/h53-54,57-58H,7-52,55-56H2,1-6H3. The molecule has 91 heavy (non-hydrogen) atoms. The van der Waals surface area contributed by atoms with Gasteiger partial charge in [0.15, 0.2) is 0 Å². The van der Waals surface area contributed by atoms with E-state index < -0.39 is 0 Å². The van der Waals surface area contributed by atoms with Crippen molar-refractivity contribution in [3.63, 3.8) is 0 Å². The lowest BCUT2D eigenvalue weighted by atomic mass is 10.0. The maximum Gasteiger partial charge on any atom is 0.340 e. The van der Waals surface area contributed by atoms with Gasteiger partial charge in [-0.25, -0.2) is 19.6 Å². The number of aromatic nitrogens is 4. The summed E-state index contributed by atoms with van der Waals surface area (Å²) in [5.74, 6) is -0.621. The molecule has 0 amide bonds. The van der Waals surface area contributed by atoms with Gasteiger partial charge < -0.3 is 9.47 Å². The Labute approximate surface area is 571 Å². The number of thiazole rings is 2. The van der Waals surface area contributed by atoms with Crippen molar-refractivity contribution in [1.82, 2.24) is 18.7 Å². The van der Waals surface area contributed by atoms with Crippen LogP contribution in [0.25, 0.3) is 62.1 Å². The largest absolute Gasteiger partial charge is 0.462 e. The summed E-state index contributed by atoms with van der Waals surface area (Å²) >= 11 is 7.93. The monoisotopic (exact) mass is 1330 g/mol. The molecule has 7 aromatic rings. The molecule has 504 valence electrons. The summed E-state index contributed by atoms with van der Waals surface area (Å²) in [5, 5.41) is 3.48. The highest BCUT2D eigenvalue weighted by Gasteiger charge is 2.30.